The third kappa shape index (κ3) is 4.17. The maximum Gasteiger partial charge on any atom is 0.244 e. The van der Waals surface area contributed by atoms with Crippen LogP contribution in [0.25, 0.3) is 6.08 Å². The van der Waals surface area contributed by atoms with Crippen LogP contribution in [0, 0.1) is 5.82 Å². The average Bonchev–Trinajstić information content (AvgIpc) is 2.41. The quantitative estimate of drug-likeness (QED) is 0.822. The van der Waals surface area contributed by atoms with Crippen LogP contribution in [-0.2, 0) is 4.79 Å². The first-order valence-electron chi connectivity index (χ1n) is 6.57. The Hall–Kier alpha value is -1.68. The van der Waals surface area contributed by atoms with Gasteiger partial charge in [-0.2, -0.15) is 0 Å². The summed E-state index contributed by atoms with van der Waals surface area (Å²) in [6.45, 7) is 0. The van der Waals surface area contributed by atoms with E-state index in [2.05, 4.69) is 5.32 Å². The molecule has 0 aliphatic heterocycles. The SMILES string of the molecule is O=C(/C=C/c1ccc(F)cc1)N[C@H]1CCCC[C@@H]1O. The maximum atomic E-state index is 12.7. The number of carbonyl (C=O) groups is 1. The van der Waals surface area contributed by atoms with E-state index in [-0.39, 0.29) is 17.8 Å². The van der Waals surface area contributed by atoms with Gasteiger partial charge in [0.25, 0.3) is 0 Å². The Morgan fingerprint density at radius 2 is 1.95 bits per heavy atom. The van der Waals surface area contributed by atoms with Crippen LogP contribution >= 0.6 is 0 Å². The van der Waals surface area contributed by atoms with Crippen molar-refractivity contribution >= 4 is 12.0 Å². The van der Waals surface area contributed by atoms with Crippen molar-refractivity contribution in [3.05, 3.63) is 41.7 Å². The smallest absolute Gasteiger partial charge is 0.244 e. The molecule has 0 bridgehead atoms. The molecule has 1 saturated carbocycles. The summed E-state index contributed by atoms with van der Waals surface area (Å²) in [4.78, 5) is 11.7. The van der Waals surface area contributed by atoms with Gasteiger partial charge in [0.1, 0.15) is 5.82 Å². The highest BCUT2D eigenvalue weighted by Gasteiger charge is 2.23. The fourth-order valence-electron chi connectivity index (χ4n) is 2.26. The third-order valence-electron chi connectivity index (χ3n) is 3.35. The molecule has 1 aliphatic carbocycles. The molecule has 4 heteroatoms. The zero-order valence-electron chi connectivity index (χ0n) is 10.7. The zero-order chi connectivity index (χ0) is 13.7. The second-order valence-corrected chi connectivity index (χ2v) is 4.85. The third-order valence-corrected chi connectivity index (χ3v) is 3.35. The topological polar surface area (TPSA) is 49.3 Å². The molecule has 0 saturated heterocycles. The minimum Gasteiger partial charge on any atom is -0.391 e. The molecule has 2 N–H and O–H groups in total. The van der Waals surface area contributed by atoms with Crippen LogP contribution < -0.4 is 5.32 Å². The van der Waals surface area contributed by atoms with Crippen molar-refractivity contribution in [3.63, 3.8) is 0 Å². The second-order valence-electron chi connectivity index (χ2n) is 4.85. The van der Waals surface area contributed by atoms with Crippen LogP contribution in [0.2, 0.25) is 0 Å². The fourth-order valence-corrected chi connectivity index (χ4v) is 2.26. The molecule has 3 nitrogen and oxygen atoms in total. The lowest BCUT2D eigenvalue weighted by molar-refractivity contribution is -0.118. The fraction of sp³-hybridized carbons (Fsp3) is 0.400. The van der Waals surface area contributed by atoms with Crippen molar-refractivity contribution in [2.75, 3.05) is 0 Å². The standard InChI is InChI=1S/C15H18FNO2/c16-12-8-5-11(6-9-12)7-10-15(19)17-13-3-1-2-4-14(13)18/h5-10,13-14,18H,1-4H2,(H,17,19)/b10-7+/t13-,14-/m0/s1. The van der Waals surface area contributed by atoms with Gasteiger partial charge >= 0.3 is 0 Å². The van der Waals surface area contributed by atoms with Gasteiger partial charge in [0, 0.05) is 6.08 Å². The largest absolute Gasteiger partial charge is 0.391 e. The Balaban J connectivity index is 1.88. The highest BCUT2D eigenvalue weighted by molar-refractivity contribution is 5.91. The maximum absolute atomic E-state index is 12.7. The van der Waals surface area contributed by atoms with Gasteiger partial charge < -0.3 is 10.4 Å². The van der Waals surface area contributed by atoms with E-state index >= 15 is 0 Å². The predicted molar refractivity (Wildman–Crippen MR) is 71.8 cm³/mol. The van der Waals surface area contributed by atoms with Crippen LogP contribution in [0.1, 0.15) is 31.2 Å². The predicted octanol–water partition coefficient (Wildman–Crippen LogP) is 2.26. The molecule has 1 aromatic carbocycles. The second kappa shape index (κ2) is 6.48. The van der Waals surface area contributed by atoms with E-state index in [9.17, 15) is 14.3 Å². The van der Waals surface area contributed by atoms with Gasteiger partial charge in [0.15, 0.2) is 0 Å². The van der Waals surface area contributed by atoms with Crippen molar-refractivity contribution in [1.82, 2.24) is 5.32 Å². The number of aliphatic hydroxyl groups excluding tert-OH is 1. The Morgan fingerprint density at radius 3 is 2.63 bits per heavy atom. The highest BCUT2D eigenvalue weighted by atomic mass is 19.1. The normalized spacial score (nSPS) is 23.5. The van der Waals surface area contributed by atoms with Gasteiger partial charge in [-0.3, -0.25) is 4.79 Å². The van der Waals surface area contributed by atoms with Gasteiger partial charge in [-0.25, -0.2) is 4.39 Å². The van der Waals surface area contributed by atoms with E-state index in [1.807, 2.05) is 0 Å². The first-order valence-corrected chi connectivity index (χ1v) is 6.57. The number of aliphatic hydroxyl groups is 1. The number of amides is 1. The van der Waals surface area contributed by atoms with Crippen LogP contribution in [0.4, 0.5) is 4.39 Å². The Bertz CT molecular complexity index is 456. The molecule has 0 heterocycles. The first kappa shape index (κ1) is 13.7. The highest BCUT2D eigenvalue weighted by Crippen LogP contribution is 2.18. The molecule has 0 aromatic heterocycles. The molecule has 1 aromatic rings. The van der Waals surface area contributed by atoms with E-state index in [0.717, 1.165) is 31.2 Å². The summed E-state index contributed by atoms with van der Waals surface area (Å²) in [5.41, 5.74) is 0.765. The lowest BCUT2D eigenvalue weighted by Crippen LogP contribution is -2.44. The number of rotatable bonds is 3. The van der Waals surface area contributed by atoms with Crippen molar-refractivity contribution in [2.24, 2.45) is 0 Å². The Morgan fingerprint density at radius 1 is 1.26 bits per heavy atom. The van der Waals surface area contributed by atoms with Crippen molar-refractivity contribution < 1.29 is 14.3 Å². The van der Waals surface area contributed by atoms with Crippen molar-refractivity contribution in [3.8, 4) is 0 Å². The van der Waals surface area contributed by atoms with E-state index in [1.165, 1.54) is 18.2 Å². The number of hydrogen-bond acceptors (Lipinski definition) is 2. The summed E-state index contributed by atoms with van der Waals surface area (Å²) < 4.78 is 12.7. The molecule has 19 heavy (non-hydrogen) atoms. The minimum absolute atomic E-state index is 0.154. The molecule has 1 amide bonds. The summed E-state index contributed by atoms with van der Waals surface area (Å²) in [5.74, 6) is -0.526. The number of benzene rings is 1. The lowest BCUT2D eigenvalue weighted by Gasteiger charge is -2.27. The number of halogens is 1. The molecule has 102 valence electrons. The summed E-state index contributed by atoms with van der Waals surface area (Å²) in [7, 11) is 0. The summed E-state index contributed by atoms with van der Waals surface area (Å²) >= 11 is 0. The molecular weight excluding hydrogens is 245 g/mol. The summed E-state index contributed by atoms with van der Waals surface area (Å²) in [5, 5.41) is 12.6. The summed E-state index contributed by atoms with van der Waals surface area (Å²) in [6, 6.07) is 5.76. The van der Waals surface area contributed by atoms with Gasteiger partial charge in [0.05, 0.1) is 12.1 Å². The van der Waals surface area contributed by atoms with Crippen LogP contribution in [0.3, 0.4) is 0 Å². The van der Waals surface area contributed by atoms with E-state index in [0.29, 0.717) is 0 Å². The molecule has 0 radical (unpaired) electrons. The van der Waals surface area contributed by atoms with Gasteiger partial charge in [-0.15, -0.1) is 0 Å². The number of nitrogens with one attached hydrogen (secondary N) is 1. The Labute approximate surface area is 112 Å². The number of hydrogen-bond donors (Lipinski definition) is 2. The van der Waals surface area contributed by atoms with E-state index < -0.39 is 6.10 Å². The van der Waals surface area contributed by atoms with Crippen LogP contribution in [0.5, 0.6) is 0 Å². The van der Waals surface area contributed by atoms with E-state index in [1.54, 1.807) is 18.2 Å². The zero-order valence-corrected chi connectivity index (χ0v) is 10.7. The first-order chi connectivity index (χ1) is 9.15. The van der Waals surface area contributed by atoms with Crippen LogP contribution in [0.15, 0.2) is 30.3 Å². The van der Waals surface area contributed by atoms with Gasteiger partial charge in [0.2, 0.25) is 5.91 Å². The van der Waals surface area contributed by atoms with Crippen molar-refractivity contribution in [2.45, 2.75) is 37.8 Å². The molecular formula is C15H18FNO2. The molecule has 1 aliphatic rings. The lowest BCUT2D eigenvalue weighted by atomic mass is 9.92. The molecule has 1 fully saturated rings. The van der Waals surface area contributed by atoms with Crippen molar-refractivity contribution in [1.29, 1.82) is 0 Å². The van der Waals surface area contributed by atoms with Crippen LogP contribution in [-0.4, -0.2) is 23.2 Å². The monoisotopic (exact) mass is 263 g/mol. The number of carbonyl (C=O) groups excluding carboxylic acids is 1. The molecule has 2 atom stereocenters. The molecule has 0 spiro atoms. The molecule has 2 rings (SSSR count). The van der Waals surface area contributed by atoms with E-state index in [4.69, 9.17) is 0 Å². The average molecular weight is 263 g/mol. The minimum atomic E-state index is -0.447. The van der Waals surface area contributed by atoms with Gasteiger partial charge in [-0.1, -0.05) is 25.0 Å². The van der Waals surface area contributed by atoms with Gasteiger partial charge in [-0.05, 0) is 36.6 Å². The Kier molecular flexibility index (Phi) is 4.68. The molecule has 0 unspecified atom stereocenters. The summed E-state index contributed by atoms with van der Waals surface area (Å²) in [6.07, 6.45) is 6.20.